The van der Waals surface area contributed by atoms with E-state index in [1.807, 2.05) is 6.92 Å². The Kier molecular flexibility index (Phi) is 4.36. The third kappa shape index (κ3) is 2.72. The summed E-state index contributed by atoms with van der Waals surface area (Å²) in [4.78, 5) is 8.27. The molecule has 0 radical (unpaired) electrons. The molecule has 0 aliphatic heterocycles. The molecule has 1 heterocycles. The number of hydrogen-bond acceptors (Lipinski definition) is 5. The largest absolute Gasteiger partial charge is 0.396 e. The van der Waals surface area contributed by atoms with E-state index in [0.29, 0.717) is 24.3 Å². The molecule has 5 nitrogen and oxygen atoms in total. The molecule has 1 aromatic rings. The molecule has 4 N–H and O–H groups in total. The van der Waals surface area contributed by atoms with Crippen LogP contribution in [0.2, 0.25) is 0 Å². The van der Waals surface area contributed by atoms with Gasteiger partial charge in [-0.25, -0.2) is 9.97 Å². The lowest BCUT2D eigenvalue weighted by Crippen LogP contribution is -2.22. The molecule has 1 aromatic heterocycles. The molecule has 100 valence electrons. The fraction of sp³-hybridized carbons (Fsp3) is 0.692. The summed E-state index contributed by atoms with van der Waals surface area (Å²) in [5.74, 6) is 2.37. The number of nitrogens with two attached hydrogens (primary N) is 1. The number of nitrogens with one attached hydrogen (secondary N) is 1. The normalized spacial score (nSPS) is 23.2. The van der Waals surface area contributed by atoms with Crippen molar-refractivity contribution in [2.75, 3.05) is 24.2 Å². The third-order valence-corrected chi connectivity index (χ3v) is 3.91. The first-order valence-electron chi connectivity index (χ1n) is 6.70. The average molecular weight is 250 g/mol. The van der Waals surface area contributed by atoms with Crippen LogP contribution in [0.1, 0.15) is 31.7 Å². The minimum Gasteiger partial charge on any atom is -0.396 e. The Morgan fingerprint density at radius 1 is 1.39 bits per heavy atom. The summed E-state index contributed by atoms with van der Waals surface area (Å²) >= 11 is 0. The Hall–Kier alpha value is -1.36. The van der Waals surface area contributed by atoms with Crippen LogP contribution < -0.4 is 11.1 Å². The molecule has 2 rings (SSSR count). The van der Waals surface area contributed by atoms with E-state index in [2.05, 4.69) is 15.3 Å². The highest BCUT2D eigenvalue weighted by Gasteiger charge is 2.26. The molecule has 0 spiro atoms. The van der Waals surface area contributed by atoms with Crippen molar-refractivity contribution in [3.8, 4) is 0 Å². The van der Waals surface area contributed by atoms with Crippen molar-refractivity contribution in [2.45, 2.75) is 32.6 Å². The Morgan fingerprint density at radius 2 is 2.17 bits per heavy atom. The van der Waals surface area contributed by atoms with Gasteiger partial charge in [-0.1, -0.05) is 13.3 Å². The van der Waals surface area contributed by atoms with E-state index in [9.17, 15) is 5.11 Å². The van der Waals surface area contributed by atoms with Crippen molar-refractivity contribution in [3.05, 3.63) is 11.9 Å². The van der Waals surface area contributed by atoms with Crippen LogP contribution in [0.15, 0.2) is 6.33 Å². The van der Waals surface area contributed by atoms with Crippen molar-refractivity contribution in [2.24, 2.45) is 11.8 Å². The van der Waals surface area contributed by atoms with E-state index in [1.54, 1.807) is 0 Å². The van der Waals surface area contributed by atoms with Crippen LogP contribution in [0.4, 0.5) is 11.6 Å². The number of aromatic nitrogens is 2. The summed E-state index contributed by atoms with van der Waals surface area (Å²) in [6, 6.07) is 0. The summed E-state index contributed by atoms with van der Waals surface area (Å²) < 4.78 is 0. The predicted octanol–water partition coefficient (Wildman–Crippen LogP) is 1.44. The maximum atomic E-state index is 9.31. The number of rotatable bonds is 5. The van der Waals surface area contributed by atoms with Gasteiger partial charge in [-0.05, 0) is 31.1 Å². The summed E-state index contributed by atoms with van der Waals surface area (Å²) in [5, 5.41) is 12.7. The quantitative estimate of drug-likeness (QED) is 0.736. The molecular formula is C13H22N4O. The van der Waals surface area contributed by atoms with Gasteiger partial charge in [-0.15, -0.1) is 0 Å². The first-order chi connectivity index (χ1) is 8.76. The van der Waals surface area contributed by atoms with E-state index in [1.165, 1.54) is 19.2 Å². The number of aliphatic hydroxyl groups excluding tert-OH is 1. The number of aliphatic hydroxyl groups is 1. The predicted molar refractivity (Wildman–Crippen MR) is 72.2 cm³/mol. The minimum atomic E-state index is 0.291. The van der Waals surface area contributed by atoms with E-state index in [-0.39, 0.29) is 0 Å². The zero-order valence-electron chi connectivity index (χ0n) is 10.9. The maximum absolute atomic E-state index is 9.31. The van der Waals surface area contributed by atoms with Gasteiger partial charge in [-0.2, -0.15) is 0 Å². The molecule has 0 saturated heterocycles. The molecule has 0 amide bonds. The monoisotopic (exact) mass is 250 g/mol. The Balaban J connectivity index is 2.00. The van der Waals surface area contributed by atoms with Gasteiger partial charge in [0.15, 0.2) is 0 Å². The average Bonchev–Trinajstić information content (AvgIpc) is 2.83. The highest BCUT2D eigenvalue weighted by atomic mass is 16.3. The van der Waals surface area contributed by atoms with Gasteiger partial charge in [0, 0.05) is 18.7 Å². The zero-order chi connectivity index (χ0) is 13.0. The SMILES string of the molecule is CCc1c(N)ncnc1NCC1CCCC1CO. The van der Waals surface area contributed by atoms with Crippen LogP contribution in [-0.4, -0.2) is 28.2 Å². The van der Waals surface area contributed by atoms with Crippen LogP contribution >= 0.6 is 0 Å². The molecule has 0 bridgehead atoms. The third-order valence-electron chi connectivity index (χ3n) is 3.91. The van der Waals surface area contributed by atoms with Crippen molar-refractivity contribution in [1.29, 1.82) is 0 Å². The lowest BCUT2D eigenvalue weighted by molar-refractivity contribution is 0.199. The van der Waals surface area contributed by atoms with Crippen molar-refractivity contribution in [3.63, 3.8) is 0 Å². The number of anilines is 2. The standard InChI is InChI=1S/C13H22N4O/c1-2-11-12(14)16-8-17-13(11)15-6-9-4-3-5-10(9)7-18/h8-10,18H,2-7H2,1H3,(H3,14,15,16,17). The summed E-state index contributed by atoms with van der Waals surface area (Å²) in [6.45, 7) is 3.19. The molecule has 1 fully saturated rings. The molecule has 0 aromatic carbocycles. The van der Waals surface area contributed by atoms with Crippen LogP contribution in [0.25, 0.3) is 0 Å². The van der Waals surface area contributed by atoms with Crippen LogP contribution in [0, 0.1) is 11.8 Å². The van der Waals surface area contributed by atoms with Crippen molar-refractivity contribution < 1.29 is 5.11 Å². The van der Waals surface area contributed by atoms with Crippen molar-refractivity contribution in [1.82, 2.24) is 9.97 Å². The second-order valence-corrected chi connectivity index (χ2v) is 4.95. The van der Waals surface area contributed by atoms with Gasteiger partial charge in [0.1, 0.15) is 18.0 Å². The van der Waals surface area contributed by atoms with Gasteiger partial charge in [0.05, 0.1) is 0 Å². The lowest BCUT2D eigenvalue weighted by Gasteiger charge is -2.19. The summed E-state index contributed by atoms with van der Waals surface area (Å²) in [5.41, 5.74) is 6.82. The number of hydrogen-bond donors (Lipinski definition) is 3. The molecular weight excluding hydrogens is 228 g/mol. The zero-order valence-corrected chi connectivity index (χ0v) is 10.9. The lowest BCUT2D eigenvalue weighted by atomic mass is 9.97. The first kappa shape index (κ1) is 13.1. The number of nitrogen functional groups attached to an aromatic ring is 1. The van der Waals surface area contributed by atoms with Gasteiger partial charge in [-0.3, -0.25) is 0 Å². The van der Waals surface area contributed by atoms with Crippen LogP contribution in [-0.2, 0) is 6.42 Å². The maximum Gasteiger partial charge on any atom is 0.134 e. The van der Waals surface area contributed by atoms with Crippen LogP contribution in [0.5, 0.6) is 0 Å². The Labute approximate surface area is 108 Å². The van der Waals surface area contributed by atoms with E-state index in [4.69, 9.17) is 5.73 Å². The second-order valence-electron chi connectivity index (χ2n) is 4.95. The smallest absolute Gasteiger partial charge is 0.134 e. The molecule has 1 aliphatic rings. The van der Waals surface area contributed by atoms with Gasteiger partial charge in [0.2, 0.25) is 0 Å². The topological polar surface area (TPSA) is 84.1 Å². The molecule has 1 saturated carbocycles. The highest BCUT2D eigenvalue weighted by molar-refractivity contribution is 5.54. The van der Waals surface area contributed by atoms with Crippen molar-refractivity contribution >= 4 is 11.6 Å². The molecule has 18 heavy (non-hydrogen) atoms. The highest BCUT2D eigenvalue weighted by Crippen LogP contribution is 2.31. The fourth-order valence-corrected chi connectivity index (χ4v) is 2.78. The molecule has 1 aliphatic carbocycles. The van der Waals surface area contributed by atoms with E-state index < -0.39 is 0 Å². The van der Waals surface area contributed by atoms with E-state index >= 15 is 0 Å². The second kappa shape index (κ2) is 6.00. The summed E-state index contributed by atoms with van der Waals surface area (Å²) in [7, 11) is 0. The number of nitrogens with zero attached hydrogens (tertiary/aromatic N) is 2. The fourth-order valence-electron chi connectivity index (χ4n) is 2.78. The molecule has 2 atom stereocenters. The Bertz CT molecular complexity index is 397. The minimum absolute atomic E-state index is 0.291. The summed E-state index contributed by atoms with van der Waals surface area (Å²) in [6.07, 6.45) is 5.85. The van der Waals surface area contributed by atoms with E-state index in [0.717, 1.165) is 30.8 Å². The molecule has 2 unspecified atom stereocenters. The van der Waals surface area contributed by atoms with Gasteiger partial charge < -0.3 is 16.2 Å². The van der Waals surface area contributed by atoms with Crippen LogP contribution in [0.3, 0.4) is 0 Å². The van der Waals surface area contributed by atoms with Gasteiger partial charge in [0.25, 0.3) is 0 Å². The first-order valence-corrected chi connectivity index (χ1v) is 6.70. The molecule has 5 heteroatoms. The Morgan fingerprint density at radius 3 is 2.89 bits per heavy atom. The van der Waals surface area contributed by atoms with Gasteiger partial charge >= 0.3 is 0 Å².